The number of benzene rings is 5. The van der Waals surface area contributed by atoms with Gasteiger partial charge in [-0.25, -0.2) is 9.97 Å². The van der Waals surface area contributed by atoms with E-state index in [4.69, 9.17) is 9.97 Å². The summed E-state index contributed by atoms with van der Waals surface area (Å²) >= 11 is 0. The van der Waals surface area contributed by atoms with Crippen LogP contribution in [0.3, 0.4) is 0 Å². The minimum atomic E-state index is -0.0851. The van der Waals surface area contributed by atoms with Gasteiger partial charge < -0.3 is 0 Å². The third-order valence-corrected chi connectivity index (χ3v) is 8.75. The van der Waals surface area contributed by atoms with Gasteiger partial charge in [-0.1, -0.05) is 105 Å². The zero-order chi connectivity index (χ0) is 29.0. The summed E-state index contributed by atoms with van der Waals surface area (Å²) in [4.78, 5) is 14.4. The predicted molar refractivity (Wildman–Crippen MR) is 177 cm³/mol. The first kappa shape index (κ1) is 25.3. The van der Waals surface area contributed by atoms with Gasteiger partial charge in [-0.3, -0.25) is 4.98 Å². The smallest absolute Gasteiger partial charge is 0.160 e. The van der Waals surface area contributed by atoms with Crippen molar-refractivity contribution < 1.29 is 0 Å². The molecule has 43 heavy (non-hydrogen) atoms. The Morgan fingerprint density at radius 3 is 1.95 bits per heavy atom. The van der Waals surface area contributed by atoms with E-state index >= 15 is 0 Å². The first-order valence-electron chi connectivity index (χ1n) is 14.7. The summed E-state index contributed by atoms with van der Waals surface area (Å²) in [5.41, 5.74) is 12.5. The van der Waals surface area contributed by atoms with Crippen LogP contribution >= 0.6 is 0 Å². The molecule has 3 nitrogen and oxygen atoms in total. The molecule has 0 N–H and O–H groups in total. The second-order valence-electron chi connectivity index (χ2n) is 11.7. The maximum absolute atomic E-state index is 5.07. The lowest BCUT2D eigenvalue weighted by Gasteiger charge is -2.22. The number of hydrogen-bond acceptors (Lipinski definition) is 3. The summed E-state index contributed by atoms with van der Waals surface area (Å²) in [6, 6.07) is 45.2. The lowest BCUT2D eigenvalue weighted by atomic mass is 9.81. The Bertz CT molecular complexity index is 2090. The number of nitrogens with zero attached hydrogens (tertiary/aromatic N) is 3. The first-order chi connectivity index (χ1) is 21.1. The van der Waals surface area contributed by atoms with Crippen molar-refractivity contribution >= 4 is 10.8 Å². The zero-order valence-electron chi connectivity index (χ0n) is 24.1. The Hall–Kier alpha value is -5.41. The Morgan fingerprint density at radius 2 is 1.16 bits per heavy atom. The maximum Gasteiger partial charge on any atom is 0.160 e. The summed E-state index contributed by atoms with van der Waals surface area (Å²) < 4.78 is 0. The highest BCUT2D eigenvalue weighted by Gasteiger charge is 2.37. The van der Waals surface area contributed by atoms with Crippen molar-refractivity contribution in [2.45, 2.75) is 19.3 Å². The Morgan fingerprint density at radius 1 is 0.488 bits per heavy atom. The van der Waals surface area contributed by atoms with Gasteiger partial charge in [0.15, 0.2) is 5.82 Å². The number of pyridine rings is 1. The summed E-state index contributed by atoms with van der Waals surface area (Å²) in [5.74, 6) is 0.700. The molecule has 0 atom stereocenters. The molecule has 1 aliphatic carbocycles. The highest BCUT2D eigenvalue weighted by Crippen LogP contribution is 2.53. The van der Waals surface area contributed by atoms with Gasteiger partial charge in [-0.15, -0.1) is 0 Å². The van der Waals surface area contributed by atoms with Gasteiger partial charge >= 0.3 is 0 Å². The standard InChI is InChI=1S/C40H29N3/c1-40(2)34-19-9-18-32(38(34)33-22-27-13-6-7-14-28(27)23-35(33)40)29-15-8-16-30(21-29)36-24-37(31-17-10-20-41-25-31)43-39(42-36)26-11-4-3-5-12-26/h3-25H,1-2H3. The van der Waals surface area contributed by atoms with Crippen LogP contribution in [0.15, 0.2) is 140 Å². The molecule has 0 bridgehead atoms. The lowest BCUT2D eigenvalue weighted by molar-refractivity contribution is 0.661. The van der Waals surface area contributed by atoms with Gasteiger partial charge in [0.1, 0.15) is 0 Å². The Balaban J connectivity index is 1.30. The molecule has 0 spiro atoms. The third-order valence-electron chi connectivity index (χ3n) is 8.75. The van der Waals surface area contributed by atoms with Crippen LogP contribution in [0.5, 0.6) is 0 Å². The van der Waals surface area contributed by atoms with E-state index in [2.05, 4.69) is 116 Å². The van der Waals surface area contributed by atoms with E-state index in [1.54, 1.807) is 6.20 Å². The lowest BCUT2D eigenvalue weighted by Crippen LogP contribution is -2.14. The fraction of sp³-hybridized carbons (Fsp3) is 0.0750. The van der Waals surface area contributed by atoms with Gasteiger partial charge in [0, 0.05) is 34.5 Å². The number of rotatable bonds is 4. The molecule has 8 rings (SSSR count). The second kappa shape index (κ2) is 9.85. The zero-order valence-corrected chi connectivity index (χ0v) is 24.1. The van der Waals surface area contributed by atoms with Crippen molar-refractivity contribution in [2.75, 3.05) is 0 Å². The van der Waals surface area contributed by atoms with E-state index < -0.39 is 0 Å². The molecule has 0 saturated carbocycles. The minimum Gasteiger partial charge on any atom is -0.264 e. The topological polar surface area (TPSA) is 38.7 Å². The Labute approximate surface area is 251 Å². The summed E-state index contributed by atoms with van der Waals surface area (Å²) in [6.07, 6.45) is 3.64. The van der Waals surface area contributed by atoms with Crippen LogP contribution in [-0.4, -0.2) is 15.0 Å². The van der Waals surface area contributed by atoms with Crippen molar-refractivity contribution in [2.24, 2.45) is 0 Å². The first-order valence-corrected chi connectivity index (χ1v) is 14.7. The summed E-state index contributed by atoms with van der Waals surface area (Å²) in [5, 5.41) is 2.55. The molecular weight excluding hydrogens is 522 g/mol. The molecular formula is C40H29N3. The monoisotopic (exact) mass is 551 g/mol. The van der Waals surface area contributed by atoms with Crippen LogP contribution in [0.25, 0.3) is 66.9 Å². The van der Waals surface area contributed by atoms with Crippen molar-refractivity contribution in [3.8, 4) is 56.2 Å². The van der Waals surface area contributed by atoms with Gasteiger partial charge in [0.2, 0.25) is 0 Å². The molecule has 2 aromatic heterocycles. The molecule has 0 saturated heterocycles. The molecule has 2 heterocycles. The molecule has 1 aliphatic rings. The average molecular weight is 552 g/mol. The van der Waals surface area contributed by atoms with Crippen LogP contribution < -0.4 is 0 Å². The van der Waals surface area contributed by atoms with Crippen LogP contribution in [0, 0.1) is 0 Å². The molecule has 0 fully saturated rings. The van der Waals surface area contributed by atoms with E-state index in [0.717, 1.165) is 28.1 Å². The SMILES string of the molecule is CC1(C)c2cc3ccccc3cc2-c2c(-c3cccc(-c4cc(-c5cccnc5)nc(-c5ccccc5)n4)c3)cccc21. The van der Waals surface area contributed by atoms with E-state index in [0.29, 0.717) is 5.82 Å². The van der Waals surface area contributed by atoms with E-state index in [-0.39, 0.29) is 5.41 Å². The molecule has 3 heteroatoms. The Kier molecular flexibility index (Phi) is 5.80. The van der Waals surface area contributed by atoms with Crippen molar-refractivity contribution in [1.29, 1.82) is 0 Å². The quantitative estimate of drug-likeness (QED) is 0.218. The summed E-state index contributed by atoms with van der Waals surface area (Å²) in [7, 11) is 0. The van der Waals surface area contributed by atoms with Crippen molar-refractivity contribution in [3.63, 3.8) is 0 Å². The van der Waals surface area contributed by atoms with Crippen LogP contribution in [0.4, 0.5) is 0 Å². The van der Waals surface area contributed by atoms with Crippen LogP contribution in [0.2, 0.25) is 0 Å². The summed E-state index contributed by atoms with van der Waals surface area (Å²) in [6.45, 7) is 4.69. The molecule has 0 radical (unpaired) electrons. The average Bonchev–Trinajstić information content (AvgIpc) is 3.30. The molecule has 5 aromatic carbocycles. The third kappa shape index (κ3) is 4.24. The highest BCUT2D eigenvalue weighted by atomic mass is 14.9. The second-order valence-corrected chi connectivity index (χ2v) is 11.7. The van der Waals surface area contributed by atoms with E-state index in [1.807, 2.05) is 36.5 Å². The number of aromatic nitrogens is 3. The normalized spacial score (nSPS) is 13.1. The molecule has 0 amide bonds. The van der Waals surface area contributed by atoms with Crippen molar-refractivity contribution in [3.05, 3.63) is 151 Å². The van der Waals surface area contributed by atoms with Gasteiger partial charge in [0.05, 0.1) is 11.4 Å². The van der Waals surface area contributed by atoms with Crippen LogP contribution in [0.1, 0.15) is 25.0 Å². The number of fused-ring (bicyclic) bond motifs is 4. The number of hydrogen-bond donors (Lipinski definition) is 0. The largest absolute Gasteiger partial charge is 0.264 e. The molecule has 204 valence electrons. The molecule has 0 aliphatic heterocycles. The minimum absolute atomic E-state index is 0.0851. The van der Waals surface area contributed by atoms with Crippen LogP contribution in [-0.2, 0) is 5.41 Å². The van der Waals surface area contributed by atoms with Crippen molar-refractivity contribution in [1.82, 2.24) is 15.0 Å². The highest BCUT2D eigenvalue weighted by molar-refractivity contribution is 5.98. The molecule has 7 aromatic rings. The van der Waals surface area contributed by atoms with Gasteiger partial charge in [-0.2, -0.15) is 0 Å². The van der Waals surface area contributed by atoms with Gasteiger partial charge in [-0.05, 0) is 80.6 Å². The molecule has 0 unspecified atom stereocenters. The van der Waals surface area contributed by atoms with E-state index in [9.17, 15) is 0 Å². The predicted octanol–water partition coefficient (Wildman–Crippen LogP) is 10.00. The fourth-order valence-electron chi connectivity index (χ4n) is 6.53. The maximum atomic E-state index is 5.07. The van der Waals surface area contributed by atoms with Gasteiger partial charge in [0.25, 0.3) is 0 Å². The van der Waals surface area contributed by atoms with E-state index in [1.165, 1.54) is 44.2 Å². The fourth-order valence-corrected chi connectivity index (χ4v) is 6.53.